The molecule has 2 heterocycles. The molecular formula is C12H16N4. The van der Waals surface area contributed by atoms with Gasteiger partial charge in [0.1, 0.15) is 5.82 Å². The molecule has 0 aromatic carbocycles. The van der Waals surface area contributed by atoms with Gasteiger partial charge in [0.15, 0.2) is 0 Å². The van der Waals surface area contributed by atoms with Crippen molar-refractivity contribution >= 4 is 0 Å². The lowest BCUT2D eigenvalue weighted by atomic mass is 10.1. The predicted molar refractivity (Wildman–Crippen MR) is 63.2 cm³/mol. The molecule has 3 rings (SSSR count). The molecule has 0 unspecified atom stereocenters. The standard InChI is InChI=1S/C12H16N4/c1-13-8-12(3-4-12)11-15-7-10(16-11)9-2-5-14-6-9/h2,5-7,13-14H,3-4,8H2,1H3,(H,15,16). The zero-order chi connectivity index (χ0) is 11.0. The highest BCUT2D eigenvalue weighted by Crippen LogP contribution is 2.46. The number of nitrogens with one attached hydrogen (secondary N) is 3. The molecule has 2 aromatic heterocycles. The molecule has 0 radical (unpaired) electrons. The Kier molecular flexibility index (Phi) is 2.11. The van der Waals surface area contributed by atoms with Crippen molar-refractivity contribution in [1.82, 2.24) is 20.3 Å². The summed E-state index contributed by atoms with van der Waals surface area (Å²) in [6.07, 6.45) is 8.29. The van der Waals surface area contributed by atoms with Gasteiger partial charge in [-0.25, -0.2) is 4.98 Å². The van der Waals surface area contributed by atoms with E-state index in [9.17, 15) is 0 Å². The van der Waals surface area contributed by atoms with Gasteiger partial charge in [-0.2, -0.15) is 0 Å². The van der Waals surface area contributed by atoms with Crippen LogP contribution < -0.4 is 5.32 Å². The van der Waals surface area contributed by atoms with Crippen molar-refractivity contribution in [3.05, 3.63) is 30.5 Å². The predicted octanol–water partition coefficient (Wildman–Crippen LogP) is 1.66. The normalized spacial score (nSPS) is 17.6. The van der Waals surface area contributed by atoms with Gasteiger partial charge in [0.25, 0.3) is 0 Å². The van der Waals surface area contributed by atoms with Gasteiger partial charge in [0, 0.05) is 29.9 Å². The van der Waals surface area contributed by atoms with Crippen LogP contribution in [0.4, 0.5) is 0 Å². The molecular weight excluding hydrogens is 200 g/mol. The topological polar surface area (TPSA) is 56.5 Å². The second-order valence-electron chi connectivity index (χ2n) is 4.56. The Labute approximate surface area is 94.5 Å². The smallest absolute Gasteiger partial charge is 0.114 e. The van der Waals surface area contributed by atoms with Crippen molar-refractivity contribution in [3.8, 4) is 11.3 Å². The van der Waals surface area contributed by atoms with Gasteiger partial charge in [-0.3, -0.25) is 0 Å². The minimum absolute atomic E-state index is 0.267. The Morgan fingerprint density at radius 1 is 1.50 bits per heavy atom. The summed E-state index contributed by atoms with van der Waals surface area (Å²) in [6, 6.07) is 2.05. The summed E-state index contributed by atoms with van der Waals surface area (Å²) >= 11 is 0. The number of aromatic nitrogens is 3. The second-order valence-corrected chi connectivity index (χ2v) is 4.56. The van der Waals surface area contributed by atoms with Gasteiger partial charge >= 0.3 is 0 Å². The second kappa shape index (κ2) is 3.49. The number of H-pyrrole nitrogens is 2. The Morgan fingerprint density at radius 2 is 2.38 bits per heavy atom. The van der Waals surface area contributed by atoms with Crippen LogP contribution in [0.25, 0.3) is 11.3 Å². The third-order valence-electron chi connectivity index (χ3n) is 3.36. The van der Waals surface area contributed by atoms with Gasteiger partial charge in [-0.1, -0.05) is 0 Å². The van der Waals surface area contributed by atoms with Crippen molar-refractivity contribution in [2.24, 2.45) is 0 Å². The average molecular weight is 216 g/mol. The van der Waals surface area contributed by atoms with Crippen LogP contribution in [0.15, 0.2) is 24.7 Å². The number of hydrogen-bond donors (Lipinski definition) is 3. The molecule has 0 atom stereocenters. The van der Waals surface area contributed by atoms with E-state index in [0.29, 0.717) is 0 Å². The first-order valence-corrected chi connectivity index (χ1v) is 5.67. The third-order valence-corrected chi connectivity index (χ3v) is 3.36. The lowest BCUT2D eigenvalue weighted by molar-refractivity contribution is 0.594. The van der Waals surface area contributed by atoms with Gasteiger partial charge in [0.05, 0.1) is 11.9 Å². The SMILES string of the molecule is CNCC1(c2ncc(-c3cc[nH]c3)[nH]2)CC1. The minimum atomic E-state index is 0.267. The lowest BCUT2D eigenvalue weighted by Gasteiger charge is -2.10. The monoisotopic (exact) mass is 216 g/mol. The van der Waals surface area contributed by atoms with Crippen LogP contribution in [0, 0.1) is 0 Å². The van der Waals surface area contributed by atoms with Crippen molar-refractivity contribution < 1.29 is 0 Å². The molecule has 0 saturated heterocycles. The van der Waals surface area contributed by atoms with Gasteiger partial charge in [-0.05, 0) is 26.0 Å². The molecule has 1 saturated carbocycles. The van der Waals surface area contributed by atoms with E-state index in [-0.39, 0.29) is 5.41 Å². The summed E-state index contributed by atoms with van der Waals surface area (Å²) < 4.78 is 0. The Bertz CT molecular complexity index is 465. The summed E-state index contributed by atoms with van der Waals surface area (Å²) in [5, 5.41) is 3.25. The number of likely N-dealkylation sites (N-methyl/N-ethyl adjacent to an activating group) is 1. The first-order chi connectivity index (χ1) is 7.84. The molecule has 2 aromatic rings. The van der Waals surface area contributed by atoms with E-state index >= 15 is 0 Å². The fraction of sp³-hybridized carbons (Fsp3) is 0.417. The Hall–Kier alpha value is -1.55. The highest BCUT2D eigenvalue weighted by molar-refractivity contribution is 5.57. The van der Waals surface area contributed by atoms with E-state index in [1.54, 1.807) is 0 Å². The molecule has 0 amide bonds. The number of rotatable bonds is 4. The Morgan fingerprint density at radius 3 is 3.00 bits per heavy atom. The van der Waals surface area contributed by atoms with Crippen molar-refractivity contribution in [1.29, 1.82) is 0 Å². The van der Waals surface area contributed by atoms with Gasteiger partial charge < -0.3 is 15.3 Å². The summed E-state index contributed by atoms with van der Waals surface area (Å²) in [7, 11) is 2.00. The molecule has 84 valence electrons. The molecule has 1 aliphatic carbocycles. The van der Waals surface area contributed by atoms with E-state index in [2.05, 4.69) is 26.3 Å². The van der Waals surface area contributed by atoms with E-state index in [1.807, 2.05) is 25.6 Å². The molecule has 3 N–H and O–H groups in total. The molecule has 0 spiro atoms. The molecule has 4 heteroatoms. The fourth-order valence-corrected chi connectivity index (χ4v) is 2.22. The maximum absolute atomic E-state index is 4.52. The van der Waals surface area contributed by atoms with Gasteiger partial charge in [-0.15, -0.1) is 0 Å². The number of nitrogens with zero attached hydrogens (tertiary/aromatic N) is 1. The van der Waals surface area contributed by atoms with Crippen molar-refractivity contribution in [2.75, 3.05) is 13.6 Å². The maximum Gasteiger partial charge on any atom is 0.114 e. The van der Waals surface area contributed by atoms with E-state index in [4.69, 9.17) is 0 Å². The maximum atomic E-state index is 4.52. The summed E-state index contributed by atoms with van der Waals surface area (Å²) in [6.45, 7) is 1.01. The third kappa shape index (κ3) is 1.46. The molecule has 0 aliphatic heterocycles. The van der Waals surface area contributed by atoms with Crippen LogP contribution in [0.2, 0.25) is 0 Å². The molecule has 1 aliphatic rings. The average Bonchev–Trinajstić information content (AvgIpc) is 2.76. The lowest BCUT2D eigenvalue weighted by Crippen LogP contribution is -2.24. The highest BCUT2D eigenvalue weighted by atomic mass is 15.0. The first-order valence-electron chi connectivity index (χ1n) is 5.67. The van der Waals surface area contributed by atoms with E-state index < -0.39 is 0 Å². The fourth-order valence-electron chi connectivity index (χ4n) is 2.22. The summed E-state index contributed by atoms with van der Waals surface area (Å²) in [4.78, 5) is 11.0. The van der Waals surface area contributed by atoms with Crippen LogP contribution in [0.5, 0.6) is 0 Å². The van der Waals surface area contributed by atoms with E-state index in [1.165, 1.54) is 18.4 Å². The van der Waals surface area contributed by atoms with Crippen LogP contribution in [0.3, 0.4) is 0 Å². The minimum Gasteiger partial charge on any atom is -0.367 e. The number of hydrogen-bond acceptors (Lipinski definition) is 2. The van der Waals surface area contributed by atoms with Crippen LogP contribution in [-0.2, 0) is 5.41 Å². The summed E-state index contributed by atoms with van der Waals surface area (Å²) in [5.74, 6) is 1.12. The highest BCUT2D eigenvalue weighted by Gasteiger charge is 2.46. The van der Waals surface area contributed by atoms with Gasteiger partial charge in [0.2, 0.25) is 0 Å². The molecule has 4 nitrogen and oxygen atoms in total. The number of imidazole rings is 1. The Balaban J connectivity index is 1.88. The quantitative estimate of drug-likeness (QED) is 0.728. The first kappa shape index (κ1) is 9.66. The molecule has 0 bridgehead atoms. The zero-order valence-corrected chi connectivity index (χ0v) is 9.38. The molecule has 1 fully saturated rings. The van der Waals surface area contributed by atoms with Crippen LogP contribution in [0.1, 0.15) is 18.7 Å². The number of aromatic amines is 2. The van der Waals surface area contributed by atoms with E-state index in [0.717, 1.165) is 18.1 Å². The molecule has 16 heavy (non-hydrogen) atoms. The zero-order valence-electron chi connectivity index (χ0n) is 9.38. The summed E-state index contributed by atoms with van der Waals surface area (Å²) in [5.41, 5.74) is 2.53. The van der Waals surface area contributed by atoms with Crippen LogP contribution >= 0.6 is 0 Å². The van der Waals surface area contributed by atoms with Crippen molar-refractivity contribution in [3.63, 3.8) is 0 Å². The van der Waals surface area contributed by atoms with Crippen molar-refractivity contribution in [2.45, 2.75) is 18.3 Å². The largest absolute Gasteiger partial charge is 0.367 e. The van der Waals surface area contributed by atoms with Crippen LogP contribution in [-0.4, -0.2) is 28.5 Å².